The summed E-state index contributed by atoms with van der Waals surface area (Å²) in [6.45, 7) is -0.395. The van der Waals surface area contributed by atoms with Crippen LogP contribution in [0.15, 0.2) is 48.5 Å². The zero-order chi connectivity index (χ0) is 20.5. The topological polar surface area (TPSA) is 84.9 Å². The van der Waals surface area contributed by atoms with Crippen molar-refractivity contribution in [1.82, 2.24) is 10.2 Å². The van der Waals surface area contributed by atoms with Crippen molar-refractivity contribution in [2.45, 2.75) is 6.61 Å². The fraction of sp³-hybridized carbons (Fsp3) is 0.250. The first-order valence-corrected chi connectivity index (χ1v) is 8.48. The summed E-state index contributed by atoms with van der Waals surface area (Å²) in [5, 5.41) is 2.40. The van der Waals surface area contributed by atoms with Crippen molar-refractivity contribution in [3.8, 4) is 5.75 Å². The third-order valence-corrected chi connectivity index (χ3v) is 3.80. The van der Waals surface area contributed by atoms with Crippen LogP contribution in [0.1, 0.15) is 15.9 Å². The van der Waals surface area contributed by atoms with Gasteiger partial charge in [0.2, 0.25) is 5.91 Å². The fourth-order valence-electron chi connectivity index (χ4n) is 2.16. The summed E-state index contributed by atoms with van der Waals surface area (Å²) in [6, 6.07) is 12.2. The Morgan fingerprint density at radius 3 is 2.50 bits per heavy atom. The van der Waals surface area contributed by atoms with Crippen molar-refractivity contribution in [1.29, 1.82) is 0 Å². The Kier molecular flexibility index (Phi) is 7.50. The van der Waals surface area contributed by atoms with Crippen LogP contribution in [0.2, 0.25) is 0 Å². The van der Waals surface area contributed by atoms with Gasteiger partial charge in [0.1, 0.15) is 18.2 Å². The van der Waals surface area contributed by atoms with Crippen LogP contribution in [-0.2, 0) is 20.9 Å². The quantitative estimate of drug-likeness (QED) is 0.697. The molecule has 148 valence electrons. The van der Waals surface area contributed by atoms with E-state index < -0.39 is 18.5 Å². The summed E-state index contributed by atoms with van der Waals surface area (Å²) in [4.78, 5) is 36.5. The van der Waals surface area contributed by atoms with E-state index >= 15 is 0 Å². The van der Waals surface area contributed by atoms with E-state index in [2.05, 4.69) is 5.32 Å². The molecule has 0 fully saturated rings. The molecule has 0 aliphatic heterocycles. The number of halogens is 1. The van der Waals surface area contributed by atoms with Crippen LogP contribution in [0.25, 0.3) is 0 Å². The Morgan fingerprint density at radius 1 is 1.11 bits per heavy atom. The molecule has 1 N–H and O–H groups in total. The van der Waals surface area contributed by atoms with E-state index in [0.29, 0.717) is 5.75 Å². The maximum absolute atomic E-state index is 12.9. The van der Waals surface area contributed by atoms with Gasteiger partial charge in [-0.2, -0.15) is 0 Å². The summed E-state index contributed by atoms with van der Waals surface area (Å²) in [5.74, 6) is -1.41. The highest BCUT2D eigenvalue weighted by molar-refractivity contribution is 5.92. The zero-order valence-electron chi connectivity index (χ0n) is 15.6. The number of carbonyl (C=O) groups excluding carboxylic acids is 3. The Balaban J connectivity index is 1.88. The third kappa shape index (κ3) is 6.39. The lowest BCUT2D eigenvalue weighted by atomic mass is 10.2. The van der Waals surface area contributed by atoms with Crippen molar-refractivity contribution < 1.29 is 28.2 Å². The first-order chi connectivity index (χ1) is 13.4. The minimum absolute atomic E-state index is 0.125. The Hall–Kier alpha value is -3.42. The van der Waals surface area contributed by atoms with Crippen molar-refractivity contribution >= 4 is 17.8 Å². The molecule has 0 aliphatic carbocycles. The van der Waals surface area contributed by atoms with Crippen molar-refractivity contribution in [3.05, 3.63) is 65.5 Å². The second-order valence-corrected chi connectivity index (χ2v) is 5.94. The van der Waals surface area contributed by atoms with E-state index in [0.717, 1.165) is 10.5 Å². The van der Waals surface area contributed by atoms with Crippen LogP contribution < -0.4 is 10.1 Å². The highest BCUT2D eigenvalue weighted by Crippen LogP contribution is 2.16. The number of likely N-dealkylation sites (N-methyl/N-ethyl adjacent to an activating group) is 2. The molecule has 8 heteroatoms. The second kappa shape index (κ2) is 10.1. The van der Waals surface area contributed by atoms with Crippen LogP contribution >= 0.6 is 0 Å². The summed E-state index contributed by atoms with van der Waals surface area (Å²) >= 11 is 0. The molecule has 7 nitrogen and oxygen atoms in total. The lowest BCUT2D eigenvalue weighted by Crippen LogP contribution is -2.39. The SMILES string of the molecule is CNC(=O)CN(C)C(=O)COC(=O)c1cccc(OCc2ccc(F)cc2)c1. The minimum atomic E-state index is -0.686. The molecule has 0 bridgehead atoms. The molecule has 0 unspecified atom stereocenters. The Morgan fingerprint density at radius 2 is 1.82 bits per heavy atom. The third-order valence-electron chi connectivity index (χ3n) is 3.80. The largest absolute Gasteiger partial charge is 0.489 e. The highest BCUT2D eigenvalue weighted by atomic mass is 19.1. The molecular weight excluding hydrogens is 367 g/mol. The van der Waals surface area contributed by atoms with E-state index in [4.69, 9.17) is 9.47 Å². The number of hydrogen-bond acceptors (Lipinski definition) is 5. The van der Waals surface area contributed by atoms with Crippen molar-refractivity contribution in [2.24, 2.45) is 0 Å². The molecule has 0 saturated carbocycles. The maximum Gasteiger partial charge on any atom is 0.338 e. The predicted octanol–water partition coefficient (Wildman–Crippen LogP) is 1.77. The first-order valence-electron chi connectivity index (χ1n) is 8.48. The fourth-order valence-corrected chi connectivity index (χ4v) is 2.16. The van der Waals surface area contributed by atoms with Gasteiger partial charge >= 0.3 is 5.97 Å². The zero-order valence-corrected chi connectivity index (χ0v) is 15.6. The standard InChI is InChI=1S/C20H21FN2O5/c1-22-18(24)11-23(2)19(25)13-28-20(26)15-4-3-5-17(10-15)27-12-14-6-8-16(21)9-7-14/h3-10H,11-13H2,1-2H3,(H,22,24). The molecule has 2 aromatic rings. The highest BCUT2D eigenvalue weighted by Gasteiger charge is 2.15. The number of hydrogen-bond donors (Lipinski definition) is 1. The number of amides is 2. The van der Waals surface area contributed by atoms with E-state index in [9.17, 15) is 18.8 Å². The van der Waals surface area contributed by atoms with Gasteiger partial charge in [0.15, 0.2) is 6.61 Å². The molecule has 28 heavy (non-hydrogen) atoms. The lowest BCUT2D eigenvalue weighted by Gasteiger charge is -2.16. The molecule has 2 rings (SSSR count). The van der Waals surface area contributed by atoms with Gasteiger partial charge < -0.3 is 19.7 Å². The maximum atomic E-state index is 12.9. The summed E-state index contributed by atoms with van der Waals surface area (Å²) < 4.78 is 23.5. The number of nitrogens with one attached hydrogen (secondary N) is 1. The normalized spacial score (nSPS) is 10.1. The Bertz CT molecular complexity index is 839. The van der Waals surface area contributed by atoms with Gasteiger partial charge in [-0.1, -0.05) is 18.2 Å². The molecule has 0 heterocycles. The number of rotatable bonds is 8. The summed E-state index contributed by atoms with van der Waals surface area (Å²) in [6.07, 6.45) is 0. The average Bonchev–Trinajstić information content (AvgIpc) is 2.71. The van der Waals surface area contributed by atoms with Crippen LogP contribution in [0.3, 0.4) is 0 Å². The molecule has 0 aliphatic rings. The van der Waals surface area contributed by atoms with E-state index in [-0.39, 0.29) is 30.4 Å². The van der Waals surface area contributed by atoms with Gasteiger partial charge in [-0.3, -0.25) is 9.59 Å². The van der Waals surface area contributed by atoms with Crippen LogP contribution in [0, 0.1) is 5.82 Å². The molecule has 2 aromatic carbocycles. The van der Waals surface area contributed by atoms with Gasteiger partial charge in [-0.25, -0.2) is 9.18 Å². The molecule has 0 spiro atoms. The number of nitrogens with zero attached hydrogens (tertiary/aromatic N) is 1. The van der Waals surface area contributed by atoms with E-state index in [1.54, 1.807) is 24.3 Å². The van der Waals surface area contributed by atoms with Gasteiger partial charge in [-0.15, -0.1) is 0 Å². The monoisotopic (exact) mass is 388 g/mol. The van der Waals surface area contributed by atoms with Crippen LogP contribution in [0.5, 0.6) is 5.75 Å². The number of carbonyl (C=O) groups is 3. The van der Waals surface area contributed by atoms with E-state index in [1.165, 1.54) is 38.4 Å². The second-order valence-electron chi connectivity index (χ2n) is 5.94. The Labute approximate surface area is 162 Å². The molecule has 0 atom stereocenters. The number of esters is 1. The molecule has 0 radical (unpaired) electrons. The number of benzene rings is 2. The van der Waals surface area contributed by atoms with Gasteiger partial charge in [-0.05, 0) is 35.9 Å². The minimum Gasteiger partial charge on any atom is -0.489 e. The van der Waals surface area contributed by atoms with Crippen molar-refractivity contribution in [2.75, 3.05) is 27.2 Å². The van der Waals surface area contributed by atoms with Crippen molar-refractivity contribution in [3.63, 3.8) is 0 Å². The van der Waals surface area contributed by atoms with Gasteiger partial charge in [0.25, 0.3) is 5.91 Å². The van der Waals surface area contributed by atoms with Crippen LogP contribution in [0.4, 0.5) is 4.39 Å². The van der Waals surface area contributed by atoms with E-state index in [1.807, 2.05) is 0 Å². The van der Waals surface area contributed by atoms with Gasteiger partial charge in [0, 0.05) is 14.1 Å². The summed E-state index contributed by atoms with van der Waals surface area (Å²) in [5.41, 5.74) is 0.998. The predicted molar refractivity (Wildman–Crippen MR) is 99.2 cm³/mol. The number of ether oxygens (including phenoxy) is 2. The van der Waals surface area contributed by atoms with Crippen LogP contribution in [-0.4, -0.2) is 49.9 Å². The lowest BCUT2D eigenvalue weighted by molar-refractivity contribution is -0.137. The molecule has 0 saturated heterocycles. The molecular formula is C20H21FN2O5. The van der Waals surface area contributed by atoms with Gasteiger partial charge in [0.05, 0.1) is 12.1 Å². The molecule has 0 aromatic heterocycles. The average molecular weight is 388 g/mol. The first kappa shape index (κ1) is 20.9. The molecule has 2 amide bonds. The smallest absolute Gasteiger partial charge is 0.338 e. The summed E-state index contributed by atoms with van der Waals surface area (Å²) in [7, 11) is 2.90.